The predicted octanol–water partition coefficient (Wildman–Crippen LogP) is 2.26. The third kappa shape index (κ3) is 3.55. The van der Waals surface area contributed by atoms with Crippen LogP contribution < -0.4 is 5.32 Å². The molecule has 0 aliphatic carbocycles. The fourth-order valence-corrected chi connectivity index (χ4v) is 2.50. The summed E-state index contributed by atoms with van der Waals surface area (Å²) >= 11 is 3.40. The minimum Gasteiger partial charge on any atom is -0.468 e. The topological polar surface area (TPSA) is 47.6 Å². The summed E-state index contributed by atoms with van der Waals surface area (Å²) in [4.78, 5) is 11.6. The van der Waals surface area contributed by atoms with Gasteiger partial charge in [-0.1, -0.05) is 28.1 Å². The Bertz CT molecular complexity index is 449. The predicted molar refractivity (Wildman–Crippen MR) is 75.8 cm³/mol. The Balaban J connectivity index is 1.85. The zero-order chi connectivity index (χ0) is 13.9. The molecular weight excluding hydrogens is 310 g/mol. The number of benzene rings is 1. The Morgan fingerprint density at radius 2 is 2.16 bits per heavy atom. The number of halogens is 1. The van der Waals surface area contributed by atoms with Gasteiger partial charge in [0.2, 0.25) is 0 Å². The average molecular weight is 328 g/mol. The molecule has 19 heavy (non-hydrogen) atoms. The molecule has 0 amide bonds. The van der Waals surface area contributed by atoms with E-state index in [0.29, 0.717) is 19.6 Å². The van der Waals surface area contributed by atoms with Gasteiger partial charge in [0, 0.05) is 17.4 Å². The molecule has 2 atom stereocenters. The molecule has 104 valence electrons. The van der Waals surface area contributed by atoms with Crippen LogP contribution in [0.25, 0.3) is 0 Å². The standard InChI is InChI=1S/C14H18BrNO3/c1-14(13(17)18-2)7-12(8-16-14)19-9-10-3-5-11(15)6-4-10/h3-6,12,16H,7-9H2,1-2H3/t12?,14-/m0/s1. The molecule has 1 aliphatic heterocycles. The molecular formula is C14H18BrNO3. The van der Waals surface area contributed by atoms with Gasteiger partial charge in [0.15, 0.2) is 0 Å². The van der Waals surface area contributed by atoms with E-state index >= 15 is 0 Å². The van der Waals surface area contributed by atoms with Crippen LogP contribution in [0.15, 0.2) is 28.7 Å². The van der Waals surface area contributed by atoms with Crippen molar-refractivity contribution >= 4 is 21.9 Å². The summed E-state index contributed by atoms with van der Waals surface area (Å²) in [6.07, 6.45) is 0.670. The maximum Gasteiger partial charge on any atom is 0.325 e. The lowest BCUT2D eigenvalue weighted by molar-refractivity contribution is -0.147. The van der Waals surface area contributed by atoms with Crippen molar-refractivity contribution in [3.63, 3.8) is 0 Å². The molecule has 1 aromatic carbocycles. The van der Waals surface area contributed by atoms with E-state index in [1.807, 2.05) is 31.2 Å². The molecule has 0 spiro atoms. The highest BCUT2D eigenvalue weighted by Gasteiger charge is 2.42. The third-order valence-electron chi connectivity index (χ3n) is 3.39. The van der Waals surface area contributed by atoms with E-state index in [-0.39, 0.29) is 12.1 Å². The van der Waals surface area contributed by atoms with Gasteiger partial charge in [0.25, 0.3) is 0 Å². The number of nitrogens with one attached hydrogen (secondary N) is 1. The van der Waals surface area contributed by atoms with E-state index in [4.69, 9.17) is 9.47 Å². The van der Waals surface area contributed by atoms with Crippen LogP contribution >= 0.6 is 15.9 Å². The van der Waals surface area contributed by atoms with Crippen LogP contribution in [0, 0.1) is 0 Å². The zero-order valence-corrected chi connectivity index (χ0v) is 12.7. The van der Waals surface area contributed by atoms with Crippen molar-refractivity contribution in [1.82, 2.24) is 5.32 Å². The van der Waals surface area contributed by atoms with Gasteiger partial charge in [-0.2, -0.15) is 0 Å². The molecule has 1 N–H and O–H groups in total. The summed E-state index contributed by atoms with van der Waals surface area (Å²) in [5.41, 5.74) is 0.494. The molecule has 1 unspecified atom stereocenters. The largest absolute Gasteiger partial charge is 0.468 e. The highest BCUT2D eigenvalue weighted by atomic mass is 79.9. The second kappa shape index (κ2) is 6.03. The first kappa shape index (κ1) is 14.5. The van der Waals surface area contributed by atoms with E-state index in [0.717, 1.165) is 10.0 Å². The second-order valence-corrected chi connectivity index (χ2v) is 5.88. The monoisotopic (exact) mass is 327 g/mol. The lowest BCUT2D eigenvalue weighted by atomic mass is 10.00. The van der Waals surface area contributed by atoms with Crippen LogP contribution in [-0.2, 0) is 20.9 Å². The highest BCUT2D eigenvalue weighted by Crippen LogP contribution is 2.23. The van der Waals surface area contributed by atoms with Crippen molar-refractivity contribution in [2.24, 2.45) is 0 Å². The number of hydrogen-bond acceptors (Lipinski definition) is 4. The Morgan fingerprint density at radius 3 is 2.79 bits per heavy atom. The summed E-state index contributed by atoms with van der Waals surface area (Å²) in [5, 5.41) is 3.17. The molecule has 1 aromatic rings. The van der Waals surface area contributed by atoms with Crippen LogP contribution in [0.1, 0.15) is 18.9 Å². The molecule has 2 rings (SSSR count). The van der Waals surface area contributed by atoms with Gasteiger partial charge in [-0.15, -0.1) is 0 Å². The van der Waals surface area contributed by atoms with Crippen molar-refractivity contribution < 1.29 is 14.3 Å². The van der Waals surface area contributed by atoms with E-state index in [1.54, 1.807) is 0 Å². The molecule has 0 bridgehead atoms. The number of rotatable bonds is 4. The van der Waals surface area contributed by atoms with Gasteiger partial charge in [-0.25, -0.2) is 0 Å². The molecule has 0 saturated carbocycles. The van der Waals surface area contributed by atoms with Crippen LogP contribution in [0.5, 0.6) is 0 Å². The minimum absolute atomic E-state index is 0.0350. The van der Waals surface area contributed by atoms with E-state index in [1.165, 1.54) is 7.11 Å². The van der Waals surface area contributed by atoms with Crippen molar-refractivity contribution in [2.75, 3.05) is 13.7 Å². The van der Waals surface area contributed by atoms with E-state index < -0.39 is 5.54 Å². The first-order valence-corrected chi connectivity index (χ1v) is 7.02. The van der Waals surface area contributed by atoms with Crippen LogP contribution in [-0.4, -0.2) is 31.3 Å². The van der Waals surface area contributed by atoms with Crippen molar-refractivity contribution in [3.05, 3.63) is 34.3 Å². The zero-order valence-electron chi connectivity index (χ0n) is 11.1. The van der Waals surface area contributed by atoms with Crippen molar-refractivity contribution in [3.8, 4) is 0 Å². The van der Waals surface area contributed by atoms with Gasteiger partial charge in [-0.05, 0) is 24.6 Å². The van der Waals surface area contributed by atoms with E-state index in [9.17, 15) is 4.79 Å². The smallest absolute Gasteiger partial charge is 0.325 e. The van der Waals surface area contributed by atoms with E-state index in [2.05, 4.69) is 21.2 Å². The molecule has 0 radical (unpaired) electrons. The molecule has 1 saturated heterocycles. The number of ether oxygens (including phenoxy) is 2. The summed E-state index contributed by atoms with van der Waals surface area (Å²) in [5.74, 6) is -0.234. The molecule has 1 heterocycles. The number of hydrogen-bond donors (Lipinski definition) is 1. The van der Waals surface area contributed by atoms with Crippen molar-refractivity contribution in [1.29, 1.82) is 0 Å². The van der Waals surface area contributed by atoms with Gasteiger partial charge in [0.1, 0.15) is 5.54 Å². The quantitative estimate of drug-likeness (QED) is 0.862. The summed E-state index contributed by atoms with van der Waals surface area (Å²) in [6.45, 7) is 3.07. The third-order valence-corrected chi connectivity index (χ3v) is 3.92. The van der Waals surface area contributed by atoms with Crippen LogP contribution in [0.4, 0.5) is 0 Å². The number of esters is 1. The van der Waals surface area contributed by atoms with Gasteiger partial charge >= 0.3 is 5.97 Å². The molecule has 1 fully saturated rings. The molecule has 5 heteroatoms. The second-order valence-electron chi connectivity index (χ2n) is 4.97. The molecule has 1 aliphatic rings. The Morgan fingerprint density at radius 1 is 1.47 bits per heavy atom. The van der Waals surface area contributed by atoms with Crippen molar-refractivity contribution in [2.45, 2.75) is 31.6 Å². The first-order valence-electron chi connectivity index (χ1n) is 6.23. The number of carbonyl (C=O) groups excluding carboxylic acids is 1. The number of methoxy groups -OCH3 is 1. The number of carbonyl (C=O) groups is 1. The van der Waals surface area contributed by atoms with Crippen LogP contribution in [0.2, 0.25) is 0 Å². The van der Waals surface area contributed by atoms with Gasteiger partial charge in [-0.3, -0.25) is 10.1 Å². The lowest BCUT2D eigenvalue weighted by Gasteiger charge is -2.20. The maximum atomic E-state index is 11.6. The minimum atomic E-state index is -0.626. The Hall–Kier alpha value is -0.910. The van der Waals surface area contributed by atoms with Gasteiger partial charge in [0.05, 0.1) is 19.8 Å². The fraction of sp³-hybridized carbons (Fsp3) is 0.500. The fourth-order valence-electron chi connectivity index (χ4n) is 2.23. The maximum absolute atomic E-state index is 11.6. The SMILES string of the molecule is COC(=O)[C@]1(C)CC(OCc2ccc(Br)cc2)CN1. The first-order chi connectivity index (χ1) is 9.03. The lowest BCUT2D eigenvalue weighted by Crippen LogP contribution is -2.45. The molecule has 0 aromatic heterocycles. The van der Waals surface area contributed by atoms with Gasteiger partial charge < -0.3 is 9.47 Å². The Kier molecular flexibility index (Phi) is 4.60. The average Bonchev–Trinajstić information content (AvgIpc) is 2.80. The van der Waals surface area contributed by atoms with Crippen LogP contribution in [0.3, 0.4) is 0 Å². The summed E-state index contributed by atoms with van der Waals surface area (Å²) < 4.78 is 11.7. The summed E-state index contributed by atoms with van der Waals surface area (Å²) in [6, 6.07) is 8.02. The summed E-state index contributed by atoms with van der Waals surface area (Å²) in [7, 11) is 1.41. The highest BCUT2D eigenvalue weighted by molar-refractivity contribution is 9.10. The Labute approximate surface area is 121 Å². The molecule has 4 nitrogen and oxygen atoms in total. The normalized spacial score (nSPS) is 26.4.